The smallest absolute Gasteiger partial charge is 0.272 e. The molecule has 0 N–H and O–H groups in total. The molecule has 1 aromatic heterocycles. The molecule has 7 heteroatoms. The lowest BCUT2D eigenvalue weighted by Gasteiger charge is -2.20. The first-order chi connectivity index (χ1) is 14.6. The van der Waals surface area contributed by atoms with Gasteiger partial charge in [0.15, 0.2) is 0 Å². The van der Waals surface area contributed by atoms with Crippen LogP contribution in [0.15, 0.2) is 54.6 Å². The Labute approximate surface area is 186 Å². The Kier molecular flexibility index (Phi) is 6.35. The third-order valence-corrected chi connectivity index (χ3v) is 7.00. The van der Waals surface area contributed by atoms with Crippen LogP contribution in [-0.2, 0) is 7.05 Å². The molecule has 2 aromatic carbocycles. The fraction of sp³-hybridized carbons (Fsp3) is 0.304. The van der Waals surface area contributed by atoms with Gasteiger partial charge in [0.1, 0.15) is 11.4 Å². The van der Waals surface area contributed by atoms with E-state index in [1.165, 1.54) is 0 Å². The van der Waals surface area contributed by atoms with Gasteiger partial charge in [-0.25, -0.2) is 0 Å². The van der Waals surface area contributed by atoms with Crippen LogP contribution >= 0.6 is 23.4 Å². The van der Waals surface area contributed by atoms with E-state index in [-0.39, 0.29) is 5.91 Å². The monoisotopic (exact) mass is 441 g/mol. The predicted octanol–water partition coefficient (Wildman–Crippen LogP) is 5.07. The summed E-state index contributed by atoms with van der Waals surface area (Å²) in [5, 5.41) is 5.66. The van der Waals surface area contributed by atoms with Gasteiger partial charge >= 0.3 is 0 Å². The molecule has 156 valence electrons. The fourth-order valence-electron chi connectivity index (χ4n) is 3.71. The van der Waals surface area contributed by atoms with E-state index >= 15 is 0 Å². The van der Waals surface area contributed by atoms with Crippen molar-refractivity contribution in [2.75, 3.05) is 26.0 Å². The van der Waals surface area contributed by atoms with Crippen molar-refractivity contribution in [3.05, 3.63) is 70.9 Å². The van der Waals surface area contributed by atoms with E-state index in [0.717, 1.165) is 39.8 Å². The molecule has 0 radical (unpaired) electrons. The number of aromatic nitrogens is 2. The highest BCUT2D eigenvalue weighted by Gasteiger charge is 2.26. The summed E-state index contributed by atoms with van der Waals surface area (Å²) in [5.41, 5.74) is 3.43. The van der Waals surface area contributed by atoms with Crippen molar-refractivity contribution >= 4 is 29.3 Å². The van der Waals surface area contributed by atoms with Crippen LogP contribution in [0.4, 0.5) is 0 Å². The van der Waals surface area contributed by atoms with Crippen LogP contribution in [0.5, 0.6) is 5.75 Å². The number of hydrogen-bond acceptors (Lipinski definition) is 4. The zero-order chi connectivity index (χ0) is 21.1. The van der Waals surface area contributed by atoms with Gasteiger partial charge in [-0.3, -0.25) is 9.48 Å². The molecule has 4 rings (SSSR count). The number of halogens is 1. The molecule has 1 saturated heterocycles. The molecular formula is C23H24ClN3O2S. The molecule has 1 unspecified atom stereocenters. The maximum atomic E-state index is 13.3. The standard InChI is InChI=1S/C23H24ClN3O2S/c1-26-21(15-20(25-26)16-6-5-7-17(14-16)29-2)23(28)27-11-10-22(30-13-12-27)18-8-3-4-9-19(18)24/h3-9,14-15,22H,10-13H2,1-2H3. The number of amides is 1. The first kappa shape index (κ1) is 20.8. The normalized spacial score (nSPS) is 16.9. The highest BCUT2D eigenvalue weighted by atomic mass is 35.5. The average Bonchev–Trinajstić information content (AvgIpc) is 2.99. The van der Waals surface area contributed by atoms with Crippen molar-refractivity contribution in [3.63, 3.8) is 0 Å². The lowest BCUT2D eigenvalue weighted by molar-refractivity contribution is 0.0755. The molecule has 1 amide bonds. The second-order valence-electron chi connectivity index (χ2n) is 7.23. The Bertz CT molecular complexity index is 1050. The number of nitrogens with zero attached hydrogens (tertiary/aromatic N) is 3. The molecule has 5 nitrogen and oxygen atoms in total. The van der Waals surface area contributed by atoms with Gasteiger partial charge in [0.05, 0.1) is 12.8 Å². The zero-order valence-corrected chi connectivity index (χ0v) is 18.6. The Balaban J connectivity index is 1.51. The van der Waals surface area contributed by atoms with Gasteiger partial charge in [-0.15, -0.1) is 0 Å². The molecule has 0 saturated carbocycles. The second kappa shape index (κ2) is 9.14. The molecule has 0 bridgehead atoms. The summed E-state index contributed by atoms with van der Waals surface area (Å²) in [7, 11) is 3.45. The SMILES string of the molecule is COc1cccc(-c2cc(C(=O)N3CCSC(c4ccccc4Cl)CC3)n(C)n2)c1. The summed E-state index contributed by atoms with van der Waals surface area (Å²) in [6.45, 7) is 1.41. The van der Waals surface area contributed by atoms with Crippen LogP contribution in [0, 0.1) is 0 Å². The van der Waals surface area contributed by atoms with Crippen molar-refractivity contribution in [2.45, 2.75) is 11.7 Å². The summed E-state index contributed by atoms with van der Waals surface area (Å²) in [6, 6.07) is 17.6. The van der Waals surface area contributed by atoms with Crippen LogP contribution in [0.1, 0.15) is 27.7 Å². The van der Waals surface area contributed by atoms with E-state index in [2.05, 4.69) is 11.2 Å². The van der Waals surface area contributed by atoms with Gasteiger partial charge in [0, 0.05) is 41.7 Å². The second-order valence-corrected chi connectivity index (χ2v) is 8.95. The number of methoxy groups -OCH3 is 1. The van der Waals surface area contributed by atoms with Crippen LogP contribution in [-0.4, -0.2) is 46.5 Å². The number of rotatable bonds is 4. The number of ether oxygens (including phenoxy) is 1. The van der Waals surface area contributed by atoms with Gasteiger partial charge < -0.3 is 9.64 Å². The fourth-order valence-corrected chi connectivity index (χ4v) is 5.31. The minimum atomic E-state index is 0.0135. The number of aryl methyl sites for hydroxylation is 1. The Morgan fingerprint density at radius 3 is 2.80 bits per heavy atom. The molecule has 1 aliphatic heterocycles. The molecular weight excluding hydrogens is 418 g/mol. The van der Waals surface area contributed by atoms with E-state index in [9.17, 15) is 4.79 Å². The van der Waals surface area contributed by atoms with E-state index in [1.54, 1.807) is 11.8 Å². The zero-order valence-electron chi connectivity index (χ0n) is 17.0. The van der Waals surface area contributed by atoms with Crippen molar-refractivity contribution in [3.8, 4) is 17.0 Å². The lowest BCUT2D eigenvalue weighted by atomic mass is 10.1. The molecule has 30 heavy (non-hydrogen) atoms. The Hall–Kier alpha value is -2.44. The van der Waals surface area contributed by atoms with Gasteiger partial charge in [-0.2, -0.15) is 16.9 Å². The van der Waals surface area contributed by atoms with Crippen LogP contribution < -0.4 is 4.74 Å². The lowest BCUT2D eigenvalue weighted by Crippen LogP contribution is -2.34. The largest absolute Gasteiger partial charge is 0.497 e. The van der Waals surface area contributed by atoms with Crippen molar-refractivity contribution < 1.29 is 9.53 Å². The molecule has 1 aliphatic rings. The quantitative estimate of drug-likeness (QED) is 0.567. The first-order valence-corrected chi connectivity index (χ1v) is 11.3. The third kappa shape index (κ3) is 4.35. The third-order valence-electron chi connectivity index (χ3n) is 5.35. The Morgan fingerprint density at radius 2 is 2.00 bits per heavy atom. The maximum absolute atomic E-state index is 13.3. The first-order valence-electron chi connectivity index (χ1n) is 9.90. The van der Waals surface area contributed by atoms with Crippen LogP contribution in [0.25, 0.3) is 11.3 Å². The number of thioether (sulfide) groups is 1. The van der Waals surface area contributed by atoms with Crippen molar-refractivity contribution in [1.29, 1.82) is 0 Å². The molecule has 1 fully saturated rings. The van der Waals surface area contributed by atoms with E-state index in [0.29, 0.717) is 24.0 Å². The van der Waals surface area contributed by atoms with Gasteiger partial charge in [-0.05, 0) is 36.2 Å². The summed E-state index contributed by atoms with van der Waals surface area (Å²) in [6.07, 6.45) is 0.876. The molecule has 0 aliphatic carbocycles. The number of carbonyl (C=O) groups is 1. The highest BCUT2D eigenvalue weighted by Crippen LogP contribution is 2.38. The highest BCUT2D eigenvalue weighted by molar-refractivity contribution is 7.99. The van der Waals surface area contributed by atoms with E-state index < -0.39 is 0 Å². The summed E-state index contributed by atoms with van der Waals surface area (Å²) in [5.74, 6) is 1.66. The number of benzene rings is 2. The van der Waals surface area contributed by atoms with Gasteiger partial charge in [-0.1, -0.05) is 41.9 Å². The summed E-state index contributed by atoms with van der Waals surface area (Å²) in [4.78, 5) is 15.2. The van der Waals surface area contributed by atoms with E-state index in [1.807, 2.05) is 72.2 Å². The average molecular weight is 442 g/mol. The van der Waals surface area contributed by atoms with Crippen LogP contribution in [0.3, 0.4) is 0 Å². The summed E-state index contributed by atoms with van der Waals surface area (Å²) >= 11 is 8.26. The van der Waals surface area contributed by atoms with E-state index in [4.69, 9.17) is 16.3 Å². The summed E-state index contributed by atoms with van der Waals surface area (Å²) < 4.78 is 6.97. The number of hydrogen-bond donors (Lipinski definition) is 0. The number of carbonyl (C=O) groups excluding carboxylic acids is 1. The molecule has 3 aromatic rings. The maximum Gasteiger partial charge on any atom is 0.272 e. The Morgan fingerprint density at radius 1 is 1.17 bits per heavy atom. The minimum Gasteiger partial charge on any atom is -0.497 e. The van der Waals surface area contributed by atoms with Gasteiger partial charge in [0.25, 0.3) is 5.91 Å². The molecule has 2 heterocycles. The molecule has 1 atom stereocenters. The van der Waals surface area contributed by atoms with Crippen molar-refractivity contribution in [1.82, 2.24) is 14.7 Å². The molecule has 0 spiro atoms. The predicted molar refractivity (Wildman–Crippen MR) is 122 cm³/mol. The van der Waals surface area contributed by atoms with Crippen LogP contribution in [0.2, 0.25) is 5.02 Å². The minimum absolute atomic E-state index is 0.0135. The topological polar surface area (TPSA) is 47.4 Å². The van der Waals surface area contributed by atoms with Crippen molar-refractivity contribution in [2.24, 2.45) is 7.05 Å². The van der Waals surface area contributed by atoms with Gasteiger partial charge in [0.2, 0.25) is 0 Å².